The molecule has 0 saturated carbocycles. The van der Waals surface area contributed by atoms with Crippen molar-refractivity contribution < 1.29 is 4.79 Å². The molecule has 1 aromatic carbocycles. The van der Waals surface area contributed by atoms with Gasteiger partial charge in [-0.05, 0) is 31.4 Å². The van der Waals surface area contributed by atoms with E-state index in [1.165, 1.54) is 0 Å². The van der Waals surface area contributed by atoms with Crippen molar-refractivity contribution in [3.63, 3.8) is 0 Å². The molecule has 0 radical (unpaired) electrons. The normalized spacial score (nSPS) is 12.6. The summed E-state index contributed by atoms with van der Waals surface area (Å²) in [5.74, 6) is 0.921. The topological polar surface area (TPSA) is 59.2 Å². The van der Waals surface area contributed by atoms with Gasteiger partial charge in [-0.25, -0.2) is 4.98 Å². The van der Waals surface area contributed by atoms with Gasteiger partial charge in [-0.15, -0.1) is 0 Å². The van der Waals surface area contributed by atoms with Crippen molar-refractivity contribution in [2.75, 3.05) is 12.8 Å². The van der Waals surface area contributed by atoms with E-state index in [9.17, 15) is 4.79 Å². The summed E-state index contributed by atoms with van der Waals surface area (Å²) in [6.45, 7) is 6.40. The monoisotopic (exact) mass is 285 g/mol. The van der Waals surface area contributed by atoms with Gasteiger partial charge < -0.3 is 10.6 Å². The van der Waals surface area contributed by atoms with E-state index >= 15 is 0 Å². The highest BCUT2D eigenvalue weighted by Gasteiger charge is 2.20. The molecule has 2 N–H and O–H groups in total. The number of rotatable bonds is 4. The first-order valence-corrected chi connectivity index (χ1v) is 7.32. The Morgan fingerprint density at radius 3 is 2.62 bits per heavy atom. The zero-order valence-corrected chi connectivity index (χ0v) is 13.1. The van der Waals surface area contributed by atoms with Crippen molar-refractivity contribution in [3.05, 3.63) is 35.9 Å². The molecule has 1 aromatic heterocycles. The van der Waals surface area contributed by atoms with E-state index in [-0.39, 0.29) is 11.9 Å². The van der Waals surface area contributed by atoms with Crippen LogP contribution in [0, 0.1) is 5.92 Å². The van der Waals surface area contributed by atoms with Crippen LogP contribution in [0.5, 0.6) is 0 Å². The molecule has 21 heavy (non-hydrogen) atoms. The van der Waals surface area contributed by atoms with E-state index in [0.717, 1.165) is 17.3 Å². The van der Waals surface area contributed by atoms with Crippen LogP contribution < -0.4 is 5.73 Å². The average Bonchev–Trinajstić information content (AvgIpc) is 2.44. The largest absolute Gasteiger partial charge is 0.384 e. The fraction of sp³-hybridized carbons (Fsp3) is 0.412. The number of amides is 1. The summed E-state index contributed by atoms with van der Waals surface area (Å²) in [5.41, 5.74) is 7.21. The van der Waals surface area contributed by atoms with E-state index < -0.39 is 0 Å². The summed E-state index contributed by atoms with van der Waals surface area (Å²) in [5, 5.41) is 0.847. The summed E-state index contributed by atoms with van der Waals surface area (Å²) < 4.78 is 0. The zero-order valence-electron chi connectivity index (χ0n) is 13.1. The van der Waals surface area contributed by atoms with Crippen LogP contribution >= 0.6 is 0 Å². The minimum Gasteiger partial charge on any atom is -0.384 e. The number of nitrogen functional groups attached to an aromatic ring is 1. The quantitative estimate of drug-likeness (QED) is 0.937. The Hall–Kier alpha value is -2.10. The first-order chi connectivity index (χ1) is 9.90. The van der Waals surface area contributed by atoms with Crippen molar-refractivity contribution >= 4 is 22.6 Å². The number of nitrogens with two attached hydrogens (primary N) is 1. The Morgan fingerprint density at radius 1 is 1.29 bits per heavy atom. The Labute approximate surface area is 126 Å². The lowest BCUT2D eigenvalue weighted by molar-refractivity contribution is 0.0730. The number of aromatic nitrogens is 1. The first-order valence-electron chi connectivity index (χ1n) is 7.32. The van der Waals surface area contributed by atoms with Crippen LogP contribution in [-0.4, -0.2) is 28.9 Å². The van der Waals surface area contributed by atoms with Gasteiger partial charge in [0.05, 0.1) is 11.1 Å². The number of hydrogen-bond donors (Lipinski definition) is 1. The van der Waals surface area contributed by atoms with Crippen LogP contribution in [0.2, 0.25) is 0 Å². The molecule has 0 bridgehead atoms. The summed E-state index contributed by atoms with van der Waals surface area (Å²) in [7, 11) is 1.85. The van der Waals surface area contributed by atoms with Crippen LogP contribution in [0.3, 0.4) is 0 Å². The van der Waals surface area contributed by atoms with Crippen LogP contribution in [-0.2, 0) is 0 Å². The molecule has 1 unspecified atom stereocenters. The van der Waals surface area contributed by atoms with Gasteiger partial charge in [-0.1, -0.05) is 32.0 Å². The maximum absolute atomic E-state index is 12.8. The van der Waals surface area contributed by atoms with Gasteiger partial charge in [0.2, 0.25) is 0 Å². The molecule has 0 aliphatic rings. The predicted octanol–water partition coefficient (Wildman–Crippen LogP) is 3.32. The number of nitrogens with zero attached hydrogens (tertiary/aromatic N) is 2. The van der Waals surface area contributed by atoms with Crippen molar-refractivity contribution in [2.45, 2.75) is 33.2 Å². The number of anilines is 1. The number of para-hydroxylation sites is 1. The highest BCUT2D eigenvalue weighted by molar-refractivity contribution is 6.06. The van der Waals surface area contributed by atoms with Crippen molar-refractivity contribution in [3.8, 4) is 0 Å². The third-order valence-corrected chi connectivity index (χ3v) is 3.76. The van der Waals surface area contributed by atoms with Gasteiger partial charge in [-0.2, -0.15) is 0 Å². The molecule has 0 aliphatic carbocycles. The lowest BCUT2D eigenvalue weighted by Gasteiger charge is -2.27. The highest BCUT2D eigenvalue weighted by atomic mass is 16.2. The van der Waals surface area contributed by atoms with E-state index in [1.807, 2.05) is 31.3 Å². The molecular weight excluding hydrogens is 262 g/mol. The van der Waals surface area contributed by atoms with E-state index in [2.05, 4.69) is 25.8 Å². The Balaban J connectivity index is 2.39. The molecular formula is C17H23N3O. The van der Waals surface area contributed by atoms with Crippen LogP contribution in [0.1, 0.15) is 37.6 Å². The van der Waals surface area contributed by atoms with E-state index in [4.69, 9.17) is 5.73 Å². The smallest absolute Gasteiger partial charge is 0.254 e. The number of carbonyl (C=O) groups is 1. The number of benzene rings is 1. The highest BCUT2D eigenvalue weighted by Crippen LogP contribution is 2.22. The number of pyridine rings is 1. The molecule has 0 fully saturated rings. The molecule has 4 nitrogen and oxygen atoms in total. The number of carbonyl (C=O) groups excluding carboxylic acids is 1. The third-order valence-electron chi connectivity index (χ3n) is 3.76. The predicted molar refractivity (Wildman–Crippen MR) is 87.2 cm³/mol. The lowest BCUT2D eigenvalue weighted by atomic mass is 10.0. The summed E-state index contributed by atoms with van der Waals surface area (Å²) in [6, 6.07) is 9.45. The molecule has 2 aromatic rings. The van der Waals surface area contributed by atoms with Crippen molar-refractivity contribution in [1.29, 1.82) is 0 Å². The Bertz CT molecular complexity index is 652. The minimum absolute atomic E-state index is 0.00606. The molecule has 2 rings (SSSR count). The number of fused-ring (bicyclic) bond motifs is 1. The summed E-state index contributed by atoms with van der Waals surface area (Å²) in [4.78, 5) is 18.8. The maximum atomic E-state index is 12.8. The molecule has 1 atom stereocenters. The molecule has 4 heteroatoms. The summed E-state index contributed by atoms with van der Waals surface area (Å²) >= 11 is 0. The molecule has 112 valence electrons. The fourth-order valence-corrected chi connectivity index (χ4v) is 2.60. The van der Waals surface area contributed by atoms with Gasteiger partial charge in [-0.3, -0.25) is 4.79 Å². The standard InChI is InChI=1S/C17H23N3O/c1-11(2)9-12(3)20(4)17(21)14-10-16(18)19-15-8-6-5-7-13(14)15/h5-8,10-12H,9H2,1-4H3,(H2,18,19). The Kier molecular flexibility index (Phi) is 4.46. The van der Waals surface area contributed by atoms with Crippen LogP contribution in [0.15, 0.2) is 30.3 Å². The van der Waals surface area contributed by atoms with Gasteiger partial charge in [0.25, 0.3) is 5.91 Å². The van der Waals surface area contributed by atoms with Crippen molar-refractivity contribution in [1.82, 2.24) is 9.88 Å². The second-order valence-electron chi connectivity index (χ2n) is 6.01. The molecule has 1 heterocycles. The summed E-state index contributed by atoms with van der Waals surface area (Å²) in [6.07, 6.45) is 0.973. The maximum Gasteiger partial charge on any atom is 0.254 e. The second kappa shape index (κ2) is 6.12. The first kappa shape index (κ1) is 15.3. The molecule has 0 aliphatic heterocycles. The molecule has 0 saturated heterocycles. The van der Waals surface area contributed by atoms with Gasteiger partial charge >= 0.3 is 0 Å². The van der Waals surface area contributed by atoms with Crippen LogP contribution in [0.25, 0.3) is 10.9 Å². The van der Waals surface area contributed by atoms with Crippen molar-refractivity contribution in [2.24, 2.45) is 5.92 Å². The SMILES string of the molecule is CC(C)CC(C)N(C)C(=O)c1cc(N)nc2ccccc12. The van der Waals surface area contributed by atoms with Gasteiger partial charge in [0.15, 0.2) is 0 Å². The van der Waals surface area contributed by atoms with Gasteiger partial charge in [0, 0.05) is 18.5 Å². The van der Waals surface area contributed by atoms with E-state index in [0.29, 0.717) is 17.3 Å². The number of hydrogen-bond acceptors (Lipinski definition) is 3. The average molecular weight is 285 g/mol. The Morgan fingerprint density at radius 2 is 1.95 bits per heavy atom. The molecule has 0 spiro atoms. The lowest BCUT2D eigenvalue weighted by Crippen LogP contribution is -2.36. The van der Waals surface area contributed by atoms with E-state index in [1.54, 1.807) is 11.0 Å². The second-order valence-corrected chi connectivity index (χ2v) is 6.01. The molecule has 1 amide bonds. The van der Waals surface area contributed by atoms with Gasteiger partial charge in [0.1, 0.15) is 5.82 Å². The third kappa shape index (κ3) is 3.32. The van der Waals surface area contributed by atoms with Crippen LogP contribution in [0.4, 0.5) is 5.82 Å². The fourth-order valence-electron chi connectivity index (χ4n) is 2.60. The minimum atomic E-state index is -0.00606. The zero-order chi connectivity index (χ0) is 15.6.